The van der Waals surface area contributed by atoms with E-state index in [1.165, 1.54) is 6.07 Å². The molecule has 4 heteroatoms. The summed E-state index contributed by atoms with van der Waals surface area (Å²) >= 11 is 0. The molecule has 0 spiro atoms. The lowest BCUT2D eigenvalue weighted by molar-refractivity contribution is 0.191. The molecule has 0 fully saturated rings. The van der Waals surface area contributed by atoms with Gasteiger partial charge in [0.25, 0.3) is 0 Å². The van der Waals surface area contributed by atoms with E-state index < -0.39 is 6.10 Å². The maximum Gasteiger partial charge on any atom is 0.146 e. The van der Waals surface area contributed by atoms with E-state index in [2.05, 4.69) is 5.32 Å². The van der Waals surface area contributed by atoms with Gasteiger partial charge in [-0.15, -0.1) is 0 Å². The van der Waals surface area contributed by atoms with E-state index in [4.69, 9.17) is 5.73 Å². The first kappa shape index (κ1) is 12.4. The molecular weight excluding hydrogens is 231 g/mol. The van der Waals surface area contributed by atoms with Crippen molar-refractivity contribution < 1.29 is 9.50 Å². The Balaban J connectivity index is 2.00. The number of nitrogen functional groups attached to an aromatic ring is 1. The quantitative estimate of drug-likeness (QED) is 0.727. The standard InChI is InChI=1S/C14H15FN2O/c15-12-6-1-2-7-13(12)17-9-14(18)10-4-3-5-11(16)8-10/h1-8,14,17-18H,9,16H2. The van der Waals surface area contributed by atoms with Crippen molar-refractivity contribution in [1.82, 2.24) is 0 Å². The molecule has 2 aromatic carbocycles. The van der Waals surface area contributed by atoms with Gasteiger partial charge in [-0.3, -0.25) is 0 Å². The lowest BCUT2D eigenvalue weighted by Crippen LogP contribution is -2.13. The predicted molar refractivity (Wildman–Crippen MR) is 70.7 cm³/mol. The van der Waals surface area contributed by atoms with Crippen molar-refractivity contribution in [3.63, 3.8) is 0 Å². The summed E-state index contributed by atoms with van der Waals surface area (Å²) in [5.74, 6) is -0.336. The van der Waals surface area contributed by atoms with E-state index in [1.807, 2.05) is 0 Å². The number of rotatable bonds is 4. The number of nitrogens with two attached hydrogens (primary N) is 1. The minimum Gasteiger partial charge on any atom is -0.399 e. The summed E-state index contributed by atoms with van der Waals surface area (Å²) in [6.45, 7) is 0.227. The fraction of sp³-hybridized carbons (Fsp3) is 0.143. The van der Waals surface area contributed by atoms with Gasteiger partial charge in [-0.25, -0.2) is 4.39 Å². The molecule has 18 heavy (non-hydrogen) atoms. The third kappa shape index (κ3) is 2.99. The number of anilines is 2. The summed E-state index contributed by atoms with van der Waals surface area (Å²) in [7, 11) is 0. The van der Waals surface area contributed by atoms with Crippen molar-refractivity contribution in [2.45, 2.75) is 6.10 Å². The maximum atomic E-state index is 13.3. The Morgan fingerprint density at radius 1 is 1.17 bits per heavy atom. The van der Waals surface area contributed by atoms with Crippen LogP contribution in [0.15, 0.2) is 48.5 Å². The van der Waals surface area contributed by atoms with Crippen LogP contribution in [-0.4, -0.2) is 11.7 Å². The zero-order valence-electron chi connectivity index (χ0n) is 9.81. The Morgan fingerprint density at radius 3 is 2.67 bits per heavy atom. The number of halogens is 1. The van der Waals surface area contributed by atoms with Crippen molar-refractivity contribution in [2.75, 3.05) is 17.6 Å². The van der Waals surface area contributed by atoms with Gasteiger partial charge in [0, 0.05) is 12.2 Å². The first-order chi connectivity index (χ1) is 8.66. The SMILES string of the molecule is Nc1cccc(C(O)CNc2ccccc2F)c1. The largest absolute Gasteiger partial charge is 0.399 e. The van der Waals surface area contributed by atoms with Crippen LogP contribution in [0.1, 0.15) is 11.7 Å². The van der Waals surface area contributed by atoms with Crippen LogP contribution < -0.4 is 11.1 Å². The second-order valence-corrected chi connectivity index (χ2v) is 4.05. The maximum absolute atomic E-state index is 13.3. The third-order valence-corrected chi connectivity index (χ3v) is 2.66. The van der Waals surface area contributed by atoms with E-state index in [0.29, 0.717) is 16.9 Å². The molecule has 0 aliphatic heterocycles. The average molecular weight is 246 g/mol. The molecule has 0 aliphatic carbocycles. The number of benzene rings is 2. The van der Waals surface area contributed by atoms with Gasteiger partial charge in [-0.05, 0) is 29.8 Å². The fourth-order valence-corrected chi connectivity index (χ4v) is 1.70. The summed E-state index contributed by atoms with van der Waals surface area (Å²) in [5.41, 5.74) is 7.31. The highest BCUT2D eigenvalue weighted by Crippen LogP contribution is 2.18. The molecule has 0 aromatic heterocycles. The highest BCUT2D eigenvalue weighted by Gasteiger charge is 2.08. The lowest BCUT2D eigenvalue weighted by Gasteiger charge is -2.14. The van der Waals surface area contributed by atoms with E-state index in [-0.39, 0.29) is 12.4 Å². The highest BCUT2D eigenvalue weighted by atomic mass is 19.1. The second kappa shape index (κ2) is 5.51. The zero-order chi connectivity index (χ0) is 13.0. The van der Waals surface area contributed by atoms with Crippen molar-refractivity contribution in [2.24, 2.45) is 0 Å². The van der Waals surface area contributed by atoms with Crippen molar-refractivity contribution in [3.8, 4) is 0 Å². The number of aliphatic hydroxyl groups excluding tert-OH is 1. The van der Waals surface area contributed by atoms with E-state index in [0.717, 1.165) is 0 Å². The molecule has 1 unspecified atom stereocenters. The van der Waals surface area contributed by atoms with Gasteiger partial charge < -0.3 is 16.2 Å². The van der Waals surface area contributed by atoms with Crippen LogP contribution in [0.25, 0.3) is 0 Å². The van der Waals surface area contributed by atoms with Gasteiger partial charge in [0.15, 0.2) is 0 Å². The van der Waals surface area contributed by atoms with Gasteiger partial charge in [-0.2, -0.15) is 0 Å². The number of nitrogens with one attached hydrogen (secondary N) is 1. The molecule has 2 aromatic rings. The van der Waals surface area contributed by atoms with Gasteiger partial charge in [0.05, 0.1) is 11.8 Å². The summed E-state index contributed by atoms with van der Waals surface area (Å²) in [4.78, 5) is 0. The van der Waals surface area contributed by atoms with Crippen LogP contribution in [0.4, 0.5) is 15.8 Å². The molecule has 0 heterocycles. The normalized spacial score (nSPS) is 12.1. The number of hydrogen-bond acceptors (Lipinski definition) is 3. The van der Waals surface area contributed by atoms with Gasteiger partial charge in [0.2, 0.25) is 0 Å². The molecule has 1 atom stereocenters. The summed E-state index contributed by atoms with van der Waals surface area (Å²) < 4.78 is 13.3. The summed E-state index contributed by atoms with van der Waals surface area (Å²) in [5, 5.41) is 12.8. The molecule has 2 rings (SSSR count). The summed E-state index contributed by atoms with van der Waals surface area (Å²) in [6, 6.07) is 13.4. The topological polar surface area (TPSA) is 58.3 Å². The van der Waals surface area contributed by atoms with Crippen LogP contribution in [0.3, 0.4) is 0 Å². The van der Waals surface area contributed by atoms with Crippen LogP contribution in [0, 0.1) is 5.82 Å². The van der Waals surface area contributed by atoms with Crippen LogP contribution in [0.5, 0.6) is 0 Å². The number of para-hydroxylation sites is 1. The second-order valence-electron chi connectivity index (χ2n) is 4.05. The molecule has 0 amide bonds. The molecular formula is C14H15FN2O. The van der Waals surface area contributed by atoms with E-state index in [1.54, 1.807) is 42.5 Å². The molecule has 4 N–H and O–H groups in total. The summed E-state index contributed by atoms with van der Waals surface area (Å²) in [6.07, 6.45) is -0.729. The van der Waals surface area contributed by atoms with Gasteiger partial charge in [0.1, 0.15) is 5.82 Å². The molecule has 0 aliphatic rings. The average Bonchev–Trinajstić information content (AvgIpc) is 2.37. The monoisotopic (exact) mass is 246 g/mol. The molecule has 0 radical (unpaired) electrons. The van der Waals surface area contributed by atoms with Crippen molar-refractivity contribution in [3.05, 3.63) is 59.9 Å². The van der Waals surface area contributed by atoms with Crippen LogP contribution in [0.2, 0.25) is 0 Å². The van der Waals surface area contributed by atoms with Crippen LogP contribution in [-0.2, 0) is 0 Å². The Morgan fingerprint density at radius 2 is 1.94 bits per heavy atom. The van der Waals surface area contributed by atoms with Crippen molar-refractivity contribution >= 4 is 11.4 Å². The molecule has 94 valence electrons. The minimum absolute atomic E-state index is 0.227. The highest BCUT2D eigenvalue weighted by molar-refractivity contribution is 5.45. The van der Waals surface area contributed by atoms with Gasteiger partial charge >= 0.3 is 0 Å². The minimum atomic E-state index is -0.729. The van der Waals surface area contributed by atoms with E-state index >= 15 is 0 Å². The molecule has 0 saturated carbocycles. The lowest BCUT2D eigenvalue weighted by atomic mass is 10.1. The van der Waals surface area contributed by atoms with Gasteiger partial charge in [-0.1, -0.05) is 24.3 Å². The Labute approximate surface area is 105 Å². The number of aliphatic hydroxyl groups is 1. The molecule has 3 nitrogen and oxygen atoms in total. The Bertz CT molecular complexity index is 531. The zero-order valence-corrected chi connectivity index (χ0v) is 9.81. The van der Waals surface area contributed by atoms with E-state index in [9.17, 15) is 9.50 Å². The first-order valence-corrected chi connectivity index (χ1v) is 5.69. The molecule has 0 saturated heterocycles. The van der Waals surface area contributed by atoms with Crippen molar-refractivity contribution in [1.29, 1.82) is 0 Å². The smallest absolute Gasteiger partial charge is 0.146 e. The first-order valence-electron chi connectivity index (χ1n) is 5.69. The number of hydrogen-bond donors (Lipinski definition) is 3. The fourth-order valence-electron chi connectivity index (χ4n) is 1.70. The predicted octanol–water partition coefficient (Wildman–Crippen LogP) is 2.55. The molecule has 0 bridgehead atoms. The third-order valence-electron chi connectivity index (χ3n) is 2.66. The van der Waals surface area contributed by atoms with Crippen LogP contribution >= 0.6 is 0 Å². The Hall–Kier alpha value is -2.07. The Kier molecular flexibility index (Phi) is 3.79.